The van der Waals surface area contributed by atoms with Gasteiger partial charge < -0.3 is 4.42 Å². The lowest BCUT2D eigenvalue weighted by molar-refractivity contribution is -0.140. The van der Waals surface area contributed by atoms with E-state index in [-0.39, 0.29) is 16.9 Å². The predicted molar refractivity (Wildman–Crippen MR) is 121 cm³/mol. The Morgan fingerprint density at radius 2 is 1.78 bits per heavy atom. The van der Waals surface area contributed by atoms with Crippen LogP contribution in [-0.2, 0) is 9.59 Å². The molecule has 0 unspecified atom stereocenters. The average Bonchev–Trinajstić information content (AvgIpc) is 3.25. The van der Waals surface area contributed by atoms with Gasteiger partial charge in [0.15, 0.2) is 5.78 Å². The summed E-state index contributed by atoms with van der Waals surface area (Å²) in [5.41, 5.74) is 2.04. The number of unbranched alkanes of at least 4 members (excludes halogenated alkanes) is 3. The smallest absolute Gasteiger partial charge is 0.271 e. The molecule has 0 aliphatic carbocycles. The van der Waals surface area contributed by atoms with Crippen molar-refractivity contribution in [2.24, 2.45) is 0 Å². The number of benzene rings is 1. The Morgan fingerprint density at radius 1 is 1.06 bits per heavy atom. The number of furan rings is 1. The highest BCUT2D eigenvalue weighted by Crippen LogP contribution is 2.29. The van der Waals surface area contributed by atoms with Gasteiger partial charge in [-0.05, 0) is 44.1 Å². The largest absolute Gasteiger partial charge is 0.457 e. The molecule has 0 N–H and O–H groups in total. The van der Waals surface area contributed by atoms with E-state index in [9.17, 15) is 19.6 Å². The number of Topliss-reactive ketones (excluding diaryl/α,β-unsaturated/α-hetero) is 1. The number of nitrogens with zero attached hydrogens (tertiary/aromatic N) is 2. The molecule has 0 saturated carbocycles. The summed E-state index contributed by atoms with van der Waals surface area (Å²) >= 11 is 0. The van der Waals surface area contributed by atoms with Crippen molar-refractivity contribution in [3.8, 4) is 17.4 Å². The highest BCUT2D eigenvalue weighted by Gasteiger charge is 2.35. The Labute approximate surface area is 187 Å². The molecule has 6 heteroatoms. The zero-order chi connectivity index (χ0) is 23.3. The molecule has 0 saturated heterocycles. The molecule has 0 radical (unpaired) electrons. The van der Waals surface area contributed by atoms with Gasteiger partial charge in [0, 0.05) is 23.2 Å². The van der Waals surface area contributed by atoms with Gasteiger partial charge in [0.2, 0.25) is 0 Å². The number of carbonyl (C=O) groups is 3. The van der Waals surface area contributed by atoms with E-state index in [4.69, 9.17) is 4.42 Å². The molecule has 2 aromatic rings. The first kappa shape index (κ1) is 23.0. The van der Waals surface area contributed by atoms with Crippen molar-refractivity contribution in [2.75, 3.05) is 6.54 Å². The maximum Gasteiger partial charge on any atom is 0.271 e. The number of hydrogen-bond donors (Lipinski definition) is 0. The van der Waals surface area contributed by atoms with E-state index in [1.165, 1.54) is 6.92 Å². The van der Waals surface area contributed by atoms with Crippen LogP contribution < -0.4 is 0 Å². The molecule has 3 rings (SSSR count). The van der Waals surface area contributed by atoms with Crippen LogP contribution in [-0.4, -0.2) is 29.0 Å². The van der Waals surface area contributed by atoms with Gasteiger partial charge in [0.1, 0.15) is 23.2 Å². The zero-order valence-corrected chi connectivity index (χ0v) is 18.6. The topological polar surface area (TPSA) is 91.4 Å². The van der Waals surface area contributed by atoms with Gasteiger partial charge in [-0.3, -0.25) is 19.3 Å². The fraction of sp³-hybridized carbons (Fsp3) is 0.308. The van der Waals surface area contributed by atoms with E-state index in [0.29, 0.717) is 35.6 Å². The summed E-state index contributed by atoms with van der Waals surface area (Å²) in [5, 5.41) is 9.50. The van der Waals surface area contributed by atoms with Crippen LogP contribution in [0.15, 0.2) is 57.5 Å². The zero-order valence-electron chi connectivity index (χ0n) is 18.6. The molecular formula is C26H26N2O4. The minimum absolute atomic E-state index is 0.0124. The van der Waals surface area contributed by atoms with E-state index in [0.717, 1.165) is 29.7 Å². The van der Waals surface area contributed by atoms with Crippen LogP contribution >= 0.6 is 0 Å². The van der Waals surface area contributed by atoms with Crippen molar-refractivity contribution in [1.82, 2.24) is 4.90 Å². The van der Waals surface area contributed by atoms with Crippen molar-refractivity contribution in [3.05, 3.63) is 64.4 Å². The molecule has 6 nitrogen and oxygen atoms in total. The summed E-state index contributed by atoms with van der Waals surface area (Å²) in [6.07, 6.45) is 5.28. The quantitative estimate of drug-likeness (QED) is 0.245. The van der Waals surface area contributed by atoms with Gasteiger partial charge in [0.25, 0.3) is 11.8 Å². The first-order valence-corrected chi connectivity index (χ1v) is 10.8. The van der Waals surface area contributed by atoms with Gasteiger partial charge >= 0.3 is 0 Å². The third-order valence-electron chi connectivity index (χ3n) is 5.55. The molecule has 0 bridgehead atoms. The second-order valence-electron chi connectivity index (χ2n) is 7.83. The second kappa shape index (κ2) is 10.1. The summed E-state index contributed by atoms with van der Waals surface area (Å²) in [6, 6.07) is 12.5. The minimum atomic E-state index is -0.533. The molecule has 1 aliphatic rings. The van der Waals surface area contributed by atoms with Crippen molar-refractivity contribution in [1.29, 1.82) is 5.26 Å². The lowest BCUT2D eigenvalue weighted by Crippen LogP contribution is -2.43. The molecule has 1 aromatic carbocycles. The maximum absolute atomic E-state index is 13.1. The Bertz CT molecular complexity index is 1140. The van der Waals surface area contributed by atoms with E-state index in [1.807, 2.05) is 6.07 Å². The molecule has 0 atom stereocenters. The minimum Gasteiger partial charge on any atom is -0.457 e. The van der Waals surface area contributed by atoms with Gasteiger partial charge in [-0.1, -0.05) is 50.5 Å². The fourth-order valence-electron chi connectivity index (χ4n) is 3.63. The molecule has 1 aromatic heterocycles. The molecule has 1 aliphatic heterocycles. The molecular weight excluding hydrogens is 404 g/mol. The van der Waals surface area contributed by atoms with Crippen LogP contribution in [0.2, 0.25) is 0 Å². The average molecular weight is 431 g/mol. The Morgan fingerprint density at radius 3 is 2.41 bits per heavy atom. The van der Waals surface area contributed by atoms with Crippen molar-refractivity contribution in [3.63, 3.8) is 0 Å². The predicted octanol–water partition coefficient (Wildman–Crippen LogP) is 5.32. The van der Waals surface area contributed by atoms with Gasteiger partial charge in [-0.15, -0.1) is 0 Å². The number of hydrogen-bond acceptors (Lipinski definition) is 5. The number of ketones is 1. The molecule has 32 heavy (non-hydrogen) atoms. The molecule has 0 spiro atoms. The standard InChI is InChI=1S/C26H26N2O4/c1-4-5-6-7-14-28-25(30)22(17(2)23(16-27)26(28)31)15-21-12-13-24(32-21)20-10-8-19(9-11-20)18(3)29/h8-13,15H,4-7,14H2,1-3H3/b22-15+. The van der Waals surface area contributed by atoms with E-state index < -0.39 is 11.8 Å². The van der Waals surface area contributed by atoms with Crippen molar-refractivity contribution >= 4 is 23.7 Å². The summed E-state index contributed by atoms with van der Waals surface area (Å²) in [7, 11) is 0. The van der Waals surface area contributed by atoms with E-state index >= 15 is 0 Å². The molecule has 164 valence electrons. The normalized spacial score (nSPS) is 15.4. The molecule has 0 fully saturated rings. The first-order chi connectivity index (χ1) is 15.4. The highest BCUT2D eigenvalue weighted by molar-refractivity contribution is 6.19. The number of nitriles is 1. The molecule has 2 amide bonds. The first-order valence-electron chi connectivity index (χ1n) is 10.8. The summed E-state index contributed by atoms with van der Waals surface area (Å²) < 4.78 is 5.89. The van der Waals surface area contributed by atoms with Crippen LogP contribution in [0.25, 0.3) is 17.4 Å². The number of imide groups is 1. The molecule has 2 heterocycles. The Hall–Kier alpha value is -3.72. The summed E-state index contributed by atoms with van der Waals surface area (Å²) in [6.45, 7) is 5.50. The number of carbonyl (C=O) groups excluding carboxylic acids is 3. The van der Waals surface area contributed by atoms with Crippen LogP contribution in [0.5, 0.6) is 0 Å². The Balaban J connectivity index is 1.90. The monoisotopic (exact) mass is 430 g/mol. The third kappa shape index (κ3) is 4.78. The highest BCUT2D eigenvalue weighted by atomic mass is 16.3. The third-order valence-corrected chi connectivity index (χ3v) is 5.55. The summed E-state index contributed by atoms with van der Waals surface area (Å²) in [4.78, 5) is 38.4. The fourth-order valence-corrected chi connectivity index (χ4v) is 3.63. The van der Waals surface area contributed by atoms with Gasteiger partial charge in [0.05, 0.1) is 0 Å². The Kier molecular flexibility index (Phi) is 7.21. The van der Waals surface area contributed by atoms with E-state index in [2.05, 4.69) is 6.92 Å². The van der Waals surface area contributed by atoms with Crippen molar-refractivity contribution in [2.45, 2.75) is 46.5 Å². The second-order valence-corrected chi connectivity index (χ2v) is 7.83. The van der Waals surface area contributed by atoms with Crippen LogP contribution in [0.3, 0.4) is 0 Å². The maximum atomic E-state index is 13.1. The summed E-state index contributed by atoms with van der Waals surface area (Å²) in [5.74, 6) is 0.0726. The lowest BCUT2D eigenvalue weighted by atomic mass is 9.94. The lowest BCUT2D eigenvalue weighted by Gasteiger charge is -2.27. The van der Waals surface area contributed by atoms with E-state index in [1.54, 1.807) is 49.4 Å². The van der Waals surface area contributed by atoms with Crippen LogP contribution in [0, 0.1) is 11.3 Å². The SMILES string of the molecule is CCCCCCN1C(=O)C(C#N)=C(C)/C(=C\c2ccc(-c3ccc(C(C)=O)cc3)o2)C1=O. The number of rotatable bonds is 8. The van der Waals surface area contributed by atoms with Crippen LogP contribution in [0.1, 0.15) is 62.6 Å². The number of amides is 2. The van der Waals surface area contributed by atoms with Crippen molar-refractivity contribution < 1.29 is 18.8 Å². The van der Waals surface area contributed by atoms with Crippen LogP contribution in [0.4, 0.5) is 0 Å². The van der Waals surface area contributed by atoms with Gasteiger partial charge in [-0.2, -0.15) is 5.26 Å². The van der Waals surface area contributed by atoms with Gasteiger partial charge in [-0.25, -0.2) is 0 Å².